The maximum absolute atomic E-state index is 5.15. The van der Waals surface area contributed by atoms with Crippen molar-refractivity contribution in [1.29, 1.82) is 0 Å². The van der Waals surface area contributed by atoms with Gasteiger partial charge >= 0.3 is 0 Å². The molecule has 0 radical (unpaired) electrons. The summed E-state index contributed by atoms with van der Waals surface area (Å²) in [5.41, 5.74) is 2.39. The molecule has 1 rings (SSSR count). The van der Waals surface area contributed by atoms with Crippen LogP contribution in [0.3, 0.4) is 0 Å². The molecule has 0 fully saturated rings. The summed E-state index contributed by atoms with van der Waals surface area (Å²) < 4.78 is 0. The van der Waals surface area contributed by atoms with Crippen molar-refractivity contribution in [3.63, 3.8) is 0 Å². The maximum atomic E-state index is 5.15. The third kappa shape index (κ3) is 0.819. The van der Waals surface area contributed by atoms with E-state index in [4.69, 9.17) is 5.84 Å². The van der Waals surface area contributed by atoms with Crippen LogP contribution < -0.4 is 11.4 Å². The van der Waals surface area contributed by atoms with E-state index in [1.54, 1.807) is 13.1 Å². The van der Waals surface area contributed by atoms with Crippen LogP contribution in [0.1, 0.15) is 6.92 Å². The molecule has 0 aromatic heterocycles. The zero-order chi connectivity index (χ0) is 5.28. The molecule has 1 aliphatic heterocycles. The van der Waals surface area contributed by atoms with Crippen LogP contribution in [0.4, 0.5) is 0 Å². The maximum Gasteiger partial charge on any atom is 0.142 e. The molecule has 1 heterocycles. The number of nitrogens with two attached hydrogens (primary N) is 1. The first kappa shape index (κ1) is 4.42. The van der Waals surface area contributed by atoms with Crippen molar-refractivity contribution in [1.82, 2.24) is 10.7 Å². The highest BCUT2D eigenvalue weighted by atomic mass is 16.7. The van der Waals surface area contributed by atoms with Gasteiger partial charge in [-0.05, 0) is 6.92 Å². The van der Waals surface area contributed by atoms with Crippen molar-refractivity contribution >= 4 is 0 Å². The zero-order valence-corrected chi connectivity index (χ0v) is 4.01. The van der Waals surface area contributed by atoms with E-state index >= 15 is 0 Å². The van der Waals surface area contributed by atoms with Crippen LogP contribution in [0.2, 0.25) is 0 Å². The van der Waals surface area contributed by atoms with Crippen LogP contribution in [0.25, 0.3) is 0 Å². The van der Waals surface area contributed by atoms with Gasteiger partial charge in [0.25, 0.3) is 0 Å². The molecule has 0 aromatic carbocycles. The number of nitrogens with zero attached hydrogens (tertiary/aromatic N) is 1. The van der Waals surface area contributed by atoms with Gasteiger partial charge in [0.05, 0.1) is 6.20 Å². The lowest BCUT2D eigenvalue weighted by molar-refractivity contribution is 0.0224. The number of rotatable bonds is 0. The largest absolute Gasteiger partial charge is 0.391 e. The number of hydrogen-bond acceptors (Lipinski definition) is 4. The van der Waals surface area contributed by atoms with E-state index in [-0.39, 0.29) is 0 Å². The normalized spacial score (nSPS) is 19.1. The average molecular weight is 101 g/mol. The Balaban J connectivity index is 2.50. The smallest absolute Gasteiger partial charge is 0.142 e. The van der Waals surface area contributed by atoms with Crippen LogP contribution in [-0.4, -0.2) is 5.12 Å². The number of allylic oxidation sites excluding steroid dienone is 1. The van der Waals surface area contributed by atoms with Crippen LogP contribution in [-0.2, 0) is 4.84 Å². The minimum Gasteiger partial charge on any atom is -0.391 e. The van der Waals surface area contributed by atoms with Gasteiger partial charge in [0.2, 0.25) is 0 Å². The average Bonchev–Trinajstić information content (AvgIpc) is 1.87. The van der Waals surface area contributed by atoms with Crippen LogP contribution >= 0.6 is 0 Å². The first-order valence-electron chi connectivity index (χ1n) is 1.94. The van der Waals surface area contributed by atoms with Crippen LogP contribution in [0.5, 0.6) is 0 Å². The lowest BCUT2D eigenvalue weighted by Gasteiger charge is -2.02. The number of hydrogen-bond donors (Lipinski definition) is 2. The Bertz CT molecular complexity index is 100. The predicted octanol–water partition coefficient (Wildman–Crippen LogP) is -0.527. The van der Waals surface area contributed by atoms with E-state index in [1.165, 1.54) is 5.12 Å². The Labute approximate surface area is 41.4 Å². The molecule has 4 nitrogen and oxygen atoms in total. The van der Waals surface area contributed by atoms with Gasteiger partial charge in [-0.2, -0.15) is 0 Å². The highest BCUT2D eigenvalue weighted by Gasteiger charge is 2.01. The van der Waals surface area contributed by atoms with Crippen molar-refractivity contribution in [3.8, 4) is 0 Å². The lowest BCUT2D eigenvalue weighted by atomic mass is 10.6. The molecule has 0 saturated heterocycles. The molecule has 4 heteroatoms. The van der Waals surface area contributed by atoms with E-state index in [1.807, 2.05) is 0 Å². The second-order valence-corrected chi connectivity index (χ2v) is 1.34. The van der Waals surface area contributed by atoms with E-state index in [9.17, 15) is 0 Å². The first-order valence-corrected chi connectivity index (χ1v) is 1.94. The summed E-state index contributed by atoms with van der Waals surface area (Å²) in [5.74, 6) is 5.91. The molecule has 0 bridgehead atoms. The van der Waals surface area contributed by atoms with Gasteiger partial charge in [0.15, 0.2) is 0 Å². The van der Waals surface area contributed by atoms with Crippen molar-refractivity contribution < 1.29 is 4.84 Å². The highest BCUT2D eigenvalue weighted by Crippen LogP contribution is 1.98. The molecule has 0 spiro atoms. The van der Waals surface area contributed by atoms with Crippen molar-refractivity contribution in [2.45, 2.75) is 6.92 Å². The molecule has 0 saturated carbocycles. The molecule has 40 valence electrons. The molecule has 0 amide bonds. The fourth-order valence-corrected chi connectivity index (χ4v) is 0.373. The molecular weight excluding hydrogens is 94.1 g/mol. The standard InChI is InChI=1S/C3H7N3O/c1-3-2-6(4)5-7-3/h2,5H,4H2,1H3. The Morgan fingerprint density at radius 2 is 2.71 bits per heavy atom. The molecular formula is C3H7N3O. The van der Waals surface area contributed by atoms with E-state index in [0.29, 0.717) is 0 Å². The minimum atomic E-state index is 0.766. The Kier molecular flexibility index (Phi) is 0.883. The summed E-state index contributed by atoms with van der Waals surface area (Å²) in [6.45, 7) is 1.81. The highest BCUT2D eigenvalue weighted by molar-refractivity contribution is 4.87. The van der Waals surface area contributed by atoms with E-state index in [2.05, 4.69) is 10.4 Å². The molecule has 0 atom stereocenters. The molecule has 1 aliphatic rings. The first-order chi connectivity index (χ1) is 3.29. The summed E-state index contributed by atoms with van der Waals surface area (Å²) in [5, 5.41) is 1.25. The van der Waals surface area contributed by atoms with Gasteiger partial charge < -0.3 is 4.84 Å². The number of hydrazine groups is 2. The Hall–Kier alpha value is -0.740. The number of nitrogens with one attached hydrogen (secondary N) is 1. The third-order valence-corrected chi connectivity index (χ3v) is 0.633. The summed E-state index contributed by atoms with van der Waals surface area (Å²) >= 11 is 0. The fourth-order valence-electron chi connectivity index (χ4n) is 0.373. The molecule has 0 aromatic rings. The quantitative estimate of drug-likeness (QED) is 0.403. The SMILES string of the molecule is CC1=CN(N)NO1. The van der Waals surface area contributed by atoms with Crippen LogP contribution in [0.15, 0.2) is 12.0 Å². The second kappa shape index (κ2) is 1.40. The van der Waals surface area contributed by atoms with Gasteiger partial charge in [-0.15, -0.1) is 0 Å². The van der Waals surface area contributed by atoms with Gasteiger partial charge in [-0.25, -0.2) is 11.0 Å². The fraction of sp³-hybridized carbons (Fsp3) is 0.333. The molecule has 0 unspecified atom stereocenters. The topological polar surface area (TPSA) is 50.5 Å². The summed E-state index contributed by atoms with van der Waals surface area (Å²) in [7, 11) is 0. The van der Waals surface area contributed by atoms with Gasteiger partial charge in [0, 0.05) is 0 Å². The predicted molar refractivity (Wildman–Crippen MR) is 24.0 cm³/mol. The van der Waals surface area contributed by atoms with Crippen molar-refractivity contribution in [2.75, 3.05) is 0 Å². The van der Waals surface area contributed by atoms with Crippen LogP contribution in [0, 0.1) is 0 Å². The molecule has 3 N–H and O–H groups in total. The lowest BCUT2D eigenvalue weighted by Crippen LogP contribution is -2.33. The van der Waals surface area contributed by atoms with Crippen molar-refractivity contribution in [3.05, 3.63) is 12.0 Å². The van der Waals surface area contributed by atoms with Gasteiger partial charge in [-0.1, -0.05) is 5.59 Å². The monoisotopic (exact) mass is 101 g/mol. The molecule has 0 aliphatic carbocycles. The summed E-state index contributed by atoms with van der Waals surface area (Å²) in [4.78, 5) is 4.68. The van der Waals surface area contributed by atoms with E-state index < -0.39 is 0 Å². The Morgan fingerprint density at radius 3 is 2.86 bits per heavy atom. The summed E-state index contributed by atoms with van der Waals surface area (Å²) in [6, 6.07) is 0. The van der Waals surface area contributed by atoms with Gasteiger partial charge in [0.1, 0.15) is 5.76 Å². The van der Waals surface area contributed by atoms with E-state index in [0.717, 1.165) is 5.76 Å². The molecule has 7 heavy (non-hydrogen) atoms. The summed E-state index contributed by atoms with van der Waals surface area (Å²) in [6.07, 6.45) is 1.64. The second-order valence-electron chi connectivity index (χ2n) is 1.34. The zero-order valence-electron chi connectivity index (χ0n) is 4.01. The van der Waals surface area contributed by atoms with Gasteiger partial charge in [-0.3, -0.25) is 0 Å². The minimum absolute atomic E-state index is 0.766. The third-order valence-electron chi connectivity index (χ3n) is 0.633. The Morgan fingerprint density at radius 1 is 2.00 bits per heavy atom. The van der Waals surface area contributed by atoms with Crippen molar-refractivity contribution in [2.24, 2.45) is 5.84 Å².